The Bertz CT molecular complexity index is 241. The Balaban J connectivity index is 2.93. The Morgan fingerprint density at radius 3 is 2.33 bits per heavy atom. The van der Waals surface area contributed by atoms with E-state index in [0.29, 0.717) is 6.54 Å². The van der Waals surface area contributed by atoms with Crippen LogP contribution < -0.4 is 5.73 Å². The highest BCUT2D eigenvalue weighted by Gasteiger charge is 2.12. The molecule has 0 spiro atoms. The predicted molar refractivity (Wildman–Crippen MR) is 51.9 cm³/mol. The standard InChI is InChI=1S/C11H16N/c1-11(2,3)10-6-4-9(8-12)5-7-10/h4,6-7H,8,12H2,1-3H3. The minimum Gasteiger partial charge on any atom is -0.326 e. The van der Waals surface area contributed by atoms with Crippen molar-refractivity contribution >= 4 is 0 Å². The third-order valence-electron chi connectivity index (χ3n) is 1.96. The summed E-state index contributed by atoms with van der Waals surface area (Å²) < 4.78 is 0. The zero-order valence-electron chi connectivity index (χ0n) is 8.02. The summed E-state index contributed by atoms with van der Waals surface area (Å²) in [6.45, 7) is 7.15. The van der Waals surface area contributed by atoms with Crippen molar-refractivity contribution in [3.05, 3.63) is 35.4 Å². The molecule has 0 amide bonds. The predicted octanol–water partition coefficient (Wildman–Crippen LogP) is 2.24. The van der Waals surface area contributed by atoms with Crippen molar-refractivity contribution in [2.75, 3.05) is 0 Å². The van der Waals surface area contributed by atoms with Gasteiger partial charge in [-0.25, -0.2) is 0 Å². The first-order chi connectivity index (χ1) is 5.54. The van der Waals surface area contributed by atoms with Crippen molar-refractivity contribution in [1.29, 1.82) is 0 Å². The van der Waals surface area contributed by atoms with Gasteiger partial charge in [0, 0.05) is 6.54 Å². The molecule has 1 aromatic carbocycles. The third-order valence-corrected chi connectivity index (χ3v) is 1.96. The van der Waals surface area contributed by atoms with Gasteiger partial charge in [0.05, 0.1) is 0 Å². The quantitative estimate of drug-likeness (QED) is 0.673. The molecule has 0 aliphatic heterocycles. The van der Waals surface area contributed by atoms with Gasteiger partial charge in [0.2, 0.25) is 0 Å². The molecule has 12 heavy (non-hydrogen) atoms. The molecule has 2 N–H and O–H groups in total. The minimum atomic E-state index is 0.212. The third kappa shape index (κ3) is 2.08. The monoisotopic (exact) mass is 162 g/mol. The summed E-state index contributed by atoms with van der Waals surface area (Å²) in [5, 5.41) is 0. The van der Waals surface area contributed by atoms with Gasteiger partial charge in [-0.1, -0.05) is 39.0 Å². The summed E-state index contributed by atoms with van der Waals surface area (Å²) in [4.78, 5) is 0. The first-order valence-corrected chi connectivity index (χ1v) is 4.25. The first-order valence-electron chi connectivity index (χ1n) is 4.25. The maximum Gasteiger partial charge on any atom is 0.0184 e. The Hall–Kier alpha value is -0.820. The first kappa shape index (κ1) is 9.27. The van der Waals surface area contributed by atoms with Gasteiger partial charge >= 0.3 is 0 Å². The van der Waals surface area contributed by atoms with Gasteiger partial charge in [0.15, 0.2) is 0 Å². The zero-order chi connectivity index (χ0) is 9.19. The van der Waals surface area contributed by atoms with Gasteiger partial charge in [-0.3, -0.25) is 0 Å². The molecule has 0 aliphatic carbocycles. The van der Waals surface area contributed by atoms with Crippen LogP contribution >= 0.6 is 0 Å². The van der Waals surface area contributed by atoms with Crippen molar-refractivity contribution in [1.82, 2.24) is 0 Å². The lowest BCUT2D eigenvalue weighted by Crippen LogP contribution is -2.11. The maximum absolute atomic E-state index is 5.48. The molecular weight excluding hydrogens is 146 g/mol. The number of benzene rings is 1. The SMILES string of the molecule is CC(C)(C)c1c[c]c(CN)cc1. The van der Waals surface area contributed by atoms with Crippen molar-refractivity contribution in [3.8, 4) is 0 Å². The number of nitrogens with two attached hydrogens (primary N) is 1. The van der Waals surface area contributed by atoms with E-state index in [1.807, 2.05) is 12.1 Å². The minimum absolute atomic E-state index is 0.212. The van der Waals surface area contributed by atoms with Crippen LogP contribution in [0, 0.1) is 6.07 Å². The van der Waals surface area contributed by atoms with E-state index in [-0.39, 0.29) is 5.41 Å². The summed E-state index contributed by atoms with van der Waals surface area (Å²) in [5.74, 6) is 0. The second-order valence-corrected chi connectivity index (χ2v) is 4.06. The summed E-state index contributed by atoms with van der Waals surface area (Å²) in [5.41, 5.74) is 8.07. The second kappa shape index (κ2) is 3.28. The van der Waals surface area contributed by atoms with Crippen molar-refractivity contribution in [2.24, 2.45) is 5.73 Å². The topological polar surface area (TPSA) is 26.0 Å². The smallest absolute Gasteiger partial charge is 0.0184 e. The van der Waals surface area contributed by atoms with E-state index in [0.717, 1.165) is 5.56 Å². The average Bonchev–Trinajstić information content (AvgIpc) is 2.03. The van der Waals surface area contributed by atoms with Crippen LogP contribution in [-0.4, -0.2) is 0 Å². The molecule has 65 valence electrons. The van der Waals surface area contributed by atoms with E-state index >= 15 is 0 Å². The molecule has 1 radical (unpaired) electrons. The lowest BCUT2D eigenvalue weighted by atomic mass is 9.87. The van der Waals surface area contributed by atoms with Crippen molar-refractivity contribution in [3.63, 3.8) is 0 Å². The van der Waals surface area contributed by atoms with Gasteiger partial charge < -0.3 is 5.73 Å². The fourth-order valence-corrected chi connectivity index (χ4v) is 1.05. The van der Waals surface area contributed by atoms with E-state index in [1.54, 1.807) is 0 Å². The largest absolute Gasteiger partial charge is 0.326 e. The summed E-state index contributed by atoms with van der Waals surface area (Å²) in [7, 11) is 0. The van der Waals surface area contributed by atoms with E-state index in [9.17, 15) is 0 Å². The number of hydrogen-bond donors (Lipinski definition) is 1. The molecule has 0 saturated heterocycles. The fourth-order valence-electron chi connectivity index (χ4n) is 1.05. The second-order valence-electron chi connectivity index (χ2n) is 4.06. The van der Waals surface area contributed by atoms with Crippen molar-refractivity contribution in [2.45, 2.75) is 32.7 Å². The lowest BCUT2D eigenvalue weighted by molar-refractivity contribution is 0.590. The van der Waals surface area contributed by atoms with Crippen LogP contribution in [0.1, 0.15) is 31.9 Å². The molecule has 1 aromatic rings. The Morgan fingerprint density at radius 1 is 1.33 bits per heavy atom. The van der Waals surface area contributed by atoms with Gasteiger partial charge in [-0.2, -0.15) is 0 Å². The molecule has 0 aliphatic rings. The Labute approximate surface area is 74.6 Å². The molecule has 1 nitrogen and oxygen atoms in total. The maximum atomic E-state index is 5.48. The Morgan fingerprint density at radius 2 is 2.00 bits per heavy atom. The molecule has 0 fully saturated rings. The average molecular weight is 162 g/mol. The van der Waals surface area contributed by atoms with Crippen molar-refractivity contribution < 1.29 is 0 Å². The molecule has 0 heterocycles. The van der Waals surface area contributed by atoms with Gasteiger partial charge in [-0.15, -0.1) is 0 Å². The number of rotatable bonds is 1. The van der Waals surface area contributed by atoms with Crippen LogP contribution in [-0.2, 0) is 12.0 Å². The van der Waals surface area contributed by atoms with Crippen LogP contribution in [0.2, 0.25) is 0 Å². The highest BCUT2D eigenvalue weighted by atomic mass is 14.5. The van der Waals surface area contributed by atoms with E-state index < -0.39 is 0 Å². The molecule has 0 bridgehead atoms. The highest BCUT2D eigenvalue weighted by Crippen LogP contribution is 2.21. The van der Waals surface area contributed by atoms with Crippen LogP contribution in [0.15, 0.2) is 18.2 Å². The normalized spacial score (nSPS) is 11.7. The fraction of sp³-hybridized carbons (Fsp3) is 0.455. The summed E-state index contributed by atoms with van der Waals surface area (Å²) in [6.07, 6.45) is 0. The molecule has 0 aromatic heterocycles. The van der Waals surface area contributed by atoms with Crippen LogP contribution in [0.3, 0.4) is 0 Å². The molecule has 0 unspecified atom stereocenters. The summed E-state index contributed by atoms with van der Waals surface area (Å²) >= 11 is 0. The summed E-state index contributed by atoms with van der Waals surface area (Å²) in [6, 6.07) is 9.36. The molecule has 1 heteroatoms. The molecule has 0 saturated carbocycles. The molecular formula is C11H16N. The van der Waals surface area contributed by atoms with E-state index in [2.05, 4.69) is 32.9 Å². The van der Waals surface area contributed by atoms with Gasteiger partial charge in [-0.05, 0) is 22.6 Å². The van der Waals surface area contributed by atoms with Gasteiger partial charge in [0.25, 0.3) is 0 Å². The Kier molecular flexibility index (Phi) is 2.53. The van der Waals surface area contributed by atoms with Gasteiger partial charge in [0.1, 0.15) is 0 Å². The zero-order valence-corrected chi connectivity index (χ0v) is 8.02. The van der Waals surface area contributed by atoms with Crippen LogP contribution in [0.4, 0.5) is 0 Å². The van der Waals surface area contributed by atoms with Crippen LogP contribution in [0.25, 0.3) is 0 Å². The molecule has 0 atom stereocenters. The highest BCUT2D eigenvalue weighted by molar-refractivity contribution is 5.26. The van der Waals surface area contributed by atoms with Crippen LogP contribution in [0.5, 0.6) is 0 Å². The van der Waals surface area contributed by atoms with E-state index in [1.165, 1.54) is 5.56 Å². The molecule has 1 rings (SSSR count). The lowest BCUT2D eigenvalue weighted by Gasteiger charge is -2.18. The van der Waals surface area contributed by atoms with E-state index in [4.69, 9.17) is 5.73 Å². The number of hydrogen-bond acceptors (Lipinski definition) is 1.